The lowest BCUT2D eigenvalue weighted by Crippen LogP contribution is -2.39. The Hall–Kier alpha value is -0.820. The topological polar surface area (TPSA) is 39.7 Å². The average Bonchev–Trinajstić information content (AvgIpc) is 3.26. The van der Waals surface area contributed by atoms with Gasteiger partial charge in [-0.1, -0.05) is 31.2 Å². The number of hydrogen-bond donors (Lipinski definition) is 2. The van der Waals surface area contributed by atoms with E-state index in [9.17, 15) is 0 Å². The van der Waals surface area contributed by atoms with Crippen molar-refractivity contribution in [3.63, 3.8) is 0 Å². The Kier molecular flexibility index (Phi) is 7.81. The van der Waals surface area contributed by atoms with Crippen LogP contribution in [0.5, 0.6) is 0 Å². The van der Waals surface area contributed by atoms with Crippen LogP contribution in [-0.4, -0.2) is 43.1 Å². The van der Waals surface area contributed by atoms with Crippen molar-refractivity contribution in [1.82, 2.24) is 15.5 Å². The quantitative estimate of drug-likeness (QED) is 0.308. The van der Waals surface area contributed by atoms with Gasteiger partial charge in [0.05, 0.1) is 0 Å². The molecule has 0 amide bonds. The summed E-state index contributed by atoms with van der Waals surface area (Å²) in [6.07, 6.45) is 3.58. The number of halogens is 1. The van der Waals surface area contributed by atoms with Gasteiger partial charge in [-0.05, 0) is 43.2 Å². The maximum absolute atomic E-state index is 4.72. The summed E-state index contributed by atoms with van der Waals surface area (Å²) in [6.45, 7) is 9.64. The van der Waals surface area contributed by atoms with Gasteiger partial charge in [-0.25, -0.2) is 0 Å². The predicted octanol–water partition coefficient (Wildman–Crippen LogP) is 3.02. The number of benzene rings is 1. The molecule has 2 aliphatic rings. The third kappa shape index (κ3) is 5.62. The van der Waals surface area contributed by atoms with Crippen molar-refractivity contribution in [2.75, 3.05) is 26.2 Å². The summed E-state index contributed by atoms with van der Waals surface area (Å²) >= 11 is 0. The highest BCUT2D eigenvalue weighted by atomic mass is 127. The first-order valence-corrected chi connectivity index (χ1v) is 9.10. The minimum atomic E-state index is 0. The molecule has 2 N–H and O–H groups in total. The van der Waals surface area contributed by atoms with Crippen LogP contribution < -0.4 is 10.6 Å². The largest absolute Gasteiger partial charge is 0.357 e. The molecule has 2 unspecified atom stereocenters. The third-order valence-corrected chi connectivity index (χ3v) is 4.89. The van der Waals surface area contributed by atoms with Crippen molar-refractivity contribution in [1.29, 1.82) is 0 Å². The van der Waals surface area contributed by atoms with Gasteiger partial charge in [-0.2, -0.15) is 0 Å². The normalized spacial score (nSPS) is 23.2. The summed E-state index contributed by atoms with van der Waals surface area (Å²) in [4.78, 5) is 7.28. The molecular formula is C19H31IN4. The summed E-state index contributed by atoms with van der Waals surface area (Å²) in [5.74, 6) is 1.79. The Morgan fingerprint density at radius 1 is 1.29 bits per heavy atom. The maximum atomic E-state index is 4.72. The molecule has 0 radical (unpaired) electrons. The minimum Gasteiger partial charge on any atom is -0.357 e. The van der Waals surface area contributed by atoms with Crippen LogP contribution in [0.15, 0.2) is 29.3 Å². The molecule has 2 atom stereocenters. The Balaban J connectivity index is 0.00000208. The maximum Gasteiger partial charge on any atom is 0.191 e. The fourth-order valence-corrected chi connectivity index (χ4v) is 3.25. The Bertz CT molecular complexity index is 546. The zero-order chi connectivity index (χ0) is 16.1. The van der Waals surface area contributed by atoms with Crippen LogP contribution in [0.3, 0.4) is 0 Å². The Morgan fingerprint density at radius 3 is 2.75 bits per heavy atom. The summed E-state index contributed by atoms with van der Waals surface area (Å²) in [5, 5.41) is 6.87. The van der Waals surface area contributed by atoms with Crippen LogP contribution in [0, 0.1) is 5.92 Å². The molecule has 0 bridgehead atoms. The van der Waals surface area contributed by atoms with Crippen LogP contribution in [0.2, 0.25) is 0 Å². The van der Waals surface area contributed by atoms with Gasteiger partial charge in [0.25, 0.3) is 0 Å². The van der Waals surface area contributed by atoms with Crippen LogP contribution in [-0.2, 0) is 13.0 Å². The van der Waals surface area contributed by atoms with Gasteiger partial charge in [0.2, 0.25) is 0 Å². The molecule has 0 spiro atoms. The molecule has 1 aliphatic heterocycles. The van der Waals surface area contributed by atoms with E-state index < -0.39 is 0 Å². The van der Waals surface area contributed by atoms with E-state index in [0.717, 1.165) is 44.5 Å². The Labute approximate surface area is 163 Å². The number of hydrogen-bond acceptors (Lipinski definition) is 2. The van der Waals surface area contributed by atoms with Crippen LogP contribution in [0.1, 0.15) is 37.8 Å². The van der Waals surface area contributed by atoms with E-state index in [4.69, 9.17) is 4.99 Å². The van der Waals surface area contributed by atoms with E-state index >= 15 is 0 Å². The second kappa shape index (κ2) is 9.61. The number of fused-ring (bicyclic) bond motifs is 1. The van der Waals surface area contributed by atoms with E-state index in [1.54, 1.807) is 0 Å². The van der Waals surface area contributed by atoms with Gasteiger partial charge in [0.1, 0.15) is 0 Å². The van der Waals surface area contributed by atoms with Crippen LogP contribution in [0.4, 0.5) is 0 Å². The molecule has 0 aromatic heterocycles. The van der Waals surface area contributed by atoms with Gasteiger partial charge in [-0.3, -0.25) is 9.89 Å². The number of rotatable bonds is 6. The molecule has 4 nitrogen and oxygen atoms in total. The van der Waals surface area contributed by atoms with E-state index in [2.05, 4.69) is 53.6 Å². The standard InChI is InChI=1S/C19H30N4.HI/c1-3-20-19(22-18-13-15(18)2)21-10-6-11-23-12-9-16-7-4-5-8-17(16)14-23;/h4-5,7-8,15,18H,3,6,9-14H2,1-2H3,(H2,20,21,22);1H. The number of nitrogens with one attached hydrogen (secondary N) is 2. The average molecular weight is 442 g/mol. The van der Waals surface area contributed by atoms with Gasteiger partial charge in [0, 0.05) is 38.8 Å². The van der Waals surface area contributed by atoms with Crippen molar-refractivity contribution in [3.05, 3.63) is 35.4 Å². The first-order valence-electron chi connectivity index (χ1n) is 9.10. The summed E-state index contributed by atoms with van der Waals surface area (Å²) in [6, 6.07) is 9.47. The first kappa shape index (κ1) is 19.5. The van der Waals surface area contributed by atoms with E-state index in [1.807, 2.05) is 0 Å². The molecule has 1 fully saturated rings. The monoisotopic (exact) mass is 442 g/mol. The molecule has 1 heterocycles. The zero-order valence-corrected chi connectivity index (χ0v) is 17.3. The molecular weight excluding hydrogens is 411 g/mol. The van der Waals surface area contributed by atoms with E-state index in [-0.39, 0.29) is 24.0 Å². The van der Waals surface area contributed by atoms with E-state index in [1.165, 1.54) is 30.5 Å². The van der Waals surface area contributed by atoms with E-state index in [0.29, 0.717) is 6.04 Å². The molecule has 134 valence electrons. The van der Waals surface area contributed by atoms with Crippen molar-refractivity contribution >= 4 is 29.9 Å². The number of nitrogens with zero attached hydrogens (tertiary/aromatic N) is 2. The smallest absolute Gasteiger partial charge is 0.191 e. The second-order valence-corrected chi connectivity index (χ2v) is 6.87. The van der Waals surface area contributed by atoms with Gasteiger partial charge < -0.3 is 10.6 Å². The highest BCUT2D eigenvalue weighted by Gasteiger charge is 2.33. The fraction of sp³-hybridized carbons (Fsp3) is 0.632. The van der Waals surface area contributed by atoms with Crippen molar-refractivity contribution < 1.29 is 0 Å². The molecule has 24 heavy (non-hydrogen) atoms. The summed E-state index contributed by atoms with van der Waals surface area (Å²) < 4.78 is 0. The van der Waals surface area contributed by atoms with Crippen molar-refractivity contribution in [2.24, 2.45) is 10.9 Å². The lowest BCUT2D eigenvalue weighted by molar-refractivity contribution is 0.252. The molecule has 0 saturated heterocycles. The summed E-state index contributed by atoms with van der Waals surface area (Å²) in [5.41, 5.74) is 3.03. The molecule has 1 aromatic rings. The lowest BCUT2D eigenvalue weighted by Gasteiger charge is -2.28. The minimum absolute atomic E-state index is 0. The molecule has 1 aromatic carbocycles. The molecule has 5 heteroatoms. The number of aliphatic imine (C=N–C) groups is 1. The van der Waals surface area contributed by atoms with Gasteiger partial charge in [0.15, 0.2) is 5.96 Å². The van der Waals surface area contributed by atoms with Crippen molar-refractivity contribution in [3.8, 4) is 0 Å². The van der Waals surface area contributed by atoms with Crippen LogP contribution >= 0.6 is 24.0 Å². The van der Waals surface area contributed by atoms with Crippen molar-refractivity contribution in [2.45, 2.75) is 45.7 Å². The molecule has 1 saturated carbocycles. The molecule has 1 aliphatic carbocycles. The first-order chi connectivity index (χ1) is 11.3. The highest BCUT2D eigenvalue weighted by Crippen LogP contribution is 2.28. The van der Waals surface area contributed by atoms with Crippen LogP contribution in [0.25, 0.3) is 0 Å². The number of guanidine groups is 1. The predicted molar refractivity (Wildman–Crippen MR) is 112 cm³/mol. The lowest BCUT2D eigenvalue weighted by atomic mass is 10.00. The SMILES string of the molecule is CCNC(=NCCCN1CCc2ccccc2C1)NC1CC1C.I. The Morgan fingerprint density at radius 2 is 2.04 bits per heavy atom. The summed E-state index contributed by atoms with van der Waals surface area (Å²) in [7, 11) is 0. The molecule has 3 rings (SSSR count). The zero-order valence-electron chi connectivity index (χ0n) is 14.9. The van der Waals surface area contributed by atoms with Gasteiger partial charge in [-0.15, -0.1) is 24.0 Å². The highest BCUT2D eigenvalue weighted by molar-refractivity contribution is 14.0. The third-order valence-electron chi connectivity index (χ3n) is 4.89. The fourth-order valence-electron chi connectivity index (χ4n) is 3.25. The second-order valence-electron chi connectivity index (χ2n) is 6.87. The van der Waals surface area contributed by atoms with Gasteiger partial charge >= 0.3 is 0 Å².